The van der Waals surface area contributed by atoms with Crippen LogP contribution in [0.3, 0.4) is 0 Å². The lowest BCUT2D eigenvalue weighted by Gasteiger charge is -2.19. The van der Waals surface area contributed by atoms with Crippen molar-refractivity contribution in [2.75, 3.05) is 13.2 Å². The SMILES string of the molecule is CC(C)(C)OC(=O)NCCCCC(N)C(=O)OCC1=CCCC=C1. The summed E-state index contributed by atoms with van der Waals surface area (Å²) in [6.45, 7) is 6.22. The Bertz CT molecular complexity index is 478. The maximum Gasteiger partial charge on any atom is 0.407 e. The van der Waals surface area contributed by atoms with E-state index in [1.165, 1.54) is 0 Å². The zero-order valence-corrected chi connectivity index (χ0v) is 15.0. The first kappa shape index (κ1) is 20.2. The van der Waals surface area contributed by atoms with E-state index in [0.717, 1.165) is 31.3 Å². The smallest absolute Gasteiger partial charge is 0.407 e. The second-order valence-electron chi connectivity index (χ2n) is 6.90. The molecule has 136 valence electrons. The maximum absolute atomic E-state index is 11.8. The fraction of sp³-hybridized carbons (Fsp3) is 0.667. The van der Waals surface area contributed by atoms with Crippen molar-refractivity contribution in [2.24, 2.45) is 5.73 Å². The molecule has 0 aromatic heterocycles. The number of carbonyl (C=O) groups is 2. The number of rotatable bonds is 8. The van der Waals surface area contributed by atoms with Crippen molar-refractivity contribution in [1.82, 2.24) is 5.32 Å². The average Bonchev–Trinajstić information content (AvgIpc) is 2.51. The molecule has 0 aliphatic heterocycles. The Morgan fingerprint density at radius 2 is 2.04 bits per heavy atom. The zero-order valence-electron chi connectivity index (χ0n) is 15.0. The van der Waals surface area contributed by atoms with Gasteiger partial charge in [0.1, 0.15) is 18.2 Å². The Kier molecular flexibility index (Phi) is 8.54. The van der Waals surface area contributed by atoms with Gasteiger partial charge < -0.3 is 20.5 Å². The number of allylic oxidation sites excluding steroid dienone is 2. The minimum Gasteiger partial charge on any atom is -0.460 e. The van der Waals surface area contributed by atoms with E-state index in [2.05, 4.69) is 17.5 Å². The minimum absolute atomic E-state index is 0.281. The summed E-state index contributed by atoms with van der Waals surface area (Å²) in [5.41, 5.74) is 6.35. The minimum atomic E-state index is -0.625. The van der Waals surface area contributed by atoms with Gasteiger partial charge in [-0.2, -0.15) is 0 Å². The van der Waals surface area contributed by atoms with Gasteiger partial charge in [-0.05, 0) is 58.4 Å². The van der Waals surface area contributed by atoms with Crippen LogP contribution in [0.5, 0.6) is 0 Å². The van der Waals surface area contributed by atoms with Crippen LogP contribution in [0.2, 0.25) is 0 Å². The van der Waals surface area contributed by atoms with E-state index >= 15 is 0 Å². The third kappa shape index (κ3) is 9.35. The van der Waals surface area contributed by atoms with E-state index in [1.807, 2.05) is 26.8 Å². The Hall–Kier alpha value is -1.82. The van der Waals surface area contributed by atoms with Gasteiger partial charge in [0, 0.05) is 6.54 Å². The molecule has 6 heteroatoms. The van der Waals surface area contributed by atoms with Crippen LogP contribution in [0, 0.1) is 0 Å². The Morgan fingerprint density at radius 3 is 2.67 bits per heavy atom. The molecule has 1 aliphatic rings. The third-order valence-electron chi connectivity index (χ3n) is 3.37. The van der Waals surface area contributed by atoms with Gasteiger partial charge in [-0.3, -0.25) is 4.79 Å². The normalized spacial score (nSPS) is 15.4. The topological polar surface area (TPSA) is 90.6 Å². The first-order chi connectivity index (χ1) is 11.3. The molecule has 0 bridgehead atoms. The van der Waals surface area contributed by atoms with Gasteiger partial charge in [0.2, 0.25) is 0 Å². The van der Waals surface area contributed by atoms with E-state index in [4.69, 9.17) is 15.2 Å². The number of amides is 1. The van der Waals surface area contributed by atoms with E-state index < -0.39 is 17.7 Å². The van der Waals surface area contributed by atoms with Crippen molar-refractivity contribution >= 4 is 12.1 Å². The molecule has 0 saturated heterocycles. The molecule has 1 unspecified atom stereocenters. The van der Waals surface area contributed by atoms with Crippen molar-refractivity contribution in [3.05, 3.63) is 23.8 Å². The largest absolute Gasteiger partial charge is 0.460 e. The summed E-state index contributed by atoms with van der Waals surface area (Å²) in [6, 6.07) is -0.625. The second kappa shape index (κ2) is 10.1. The van der Waals surface area contributed by atoms with Gasteiger partial charge in [-0.15, -0.1) is 0 Å². The summed E-state index contributed by atoms with van der Waals surface area (Å²) in [5.74, 6) is -0.380. The molecule has 1 amide bonds. The Balaban J connectivity index is 2.09. The number of unbranched alkanes of at least 4 members (excludes halogenated alkanes) is 1. The van der Waals surface area contributed by atoms with Gasteiger partial charge in [0.05, 0.1) is 0 Å². The highest BCUT2D eigenvalue weighted by Crippen LogP contribution is 2.10. The lowest BCUT2D eigenvalue weighted by molar-refractivity contribution is -0.144. The zero-order chi connectivity index (χ0) is 18.0. The molecule has 1 aliphatic carbocycles. The molecule has 6 nitrogen and oxygen atoms in total. The average molecular weight is 338 g/mol. The first-order valence-corrected chi connectivity index (χ1v) is 8.52. The fourth-order valence-corrected chi connectivity index (χ4v) is 2.15. The van der Waals surface area contributed by atoms with Crippen molar-refractivity contribution in [1.29, 1.82) is 0 Å². The molecule has 0 saturated carbocycles. The molecular formula is C18H30N2O4. The van der Waals surface area contributed by atoms with Crippen molar-refractivity contribution in [3.8, 4) is 0 Å². The number of hydrogen-bond acceptors (Lipinski definition) is 5. The molecular weight excluding hydrogens is 308 g/mol. The van der Waals surface area contributed by atoms with Crippen LogP contribution in [0.15, 0.2) is 23.8 Å². The van der Waals surface area contributed by atoms with Crippen molar-refractivity contribution in [2.45, 2.75) is 64.5 Å². The summed E-state index contributed by atoms with van der Waals surface area (Å²) >= 11 is 0. The molecule has 0 heterocycles. The predicted octanol–water partition coefficient (Wildman–Crippen LogP) is 2.83. The van der Waals surface area contributed by atoms with Crippen molar-refractivity contribution in [3.63, 3.8) is 0 Å². The van der Waals surface area contributed by atoms with Crippen LogP contribution in [-0.2, 0) is 14.3 Å². The molecule has 0 aromatic rings. The molecule has 0 aromatic carbocycles. The van der Waals surface area contributed by atoms with Crippen LogP contribution in [0.4, 0.5) is 4.79 Å². The Morgan fingerprint density at radius 1 is 1.29 bits per heavy atom. The lowest BCUT2D eigenvalue weighted by atomic mass is 10.1. The number of esters is 1. The molecule has 1 atom stereocenters. The van der Waals surface area contributed by atoms with Crippen LogP contribution < -0.4 is 11.1 Å². The number of hydrogen-bond donors (Lipinski definition) is 2. The third-order valence-corrected chi connectivity index (χ3v) is 3.37. The van der Waals surface area contributed by atoms with Gasteiger partial charge >= 0.3 is 12.1 Å². The molecule has 3 N–H and O–H groups in total. The highest BCUT2D eigenvalue weighted by Gasteiger charge is 2.17. The molecule has 24 heavy (non-hydrogen) atoms. The monoisotopic (exact) mass is 338 g/mol. The quantitative estimate of drug-likeness (QED) is 0.524. The first-order valence-electron chi connectivity index (χ1n) is 8.52. The predicted molar refractivity (Wildman–Crippen MR) is 93.5 cm³/mol. The van der Waals surface area contributed by atoms with Gasteiger partial charge in [0.15, 0.2) is 0 Å². The summed E-state index contributed by atoms with van der Waals surface area (Å²) in [7, 11) is 0. The van der Waals surface area contributed by atoms with E-state index in [1.54, 1.807) is 0 Å². The van der Waals surface area contributed by atoms with Crippen LogP contribution in [0.25, 0.3) is 0 Å². The highest BCUT2D eigenvalue weighted by molar-refractivity contribution is 5.75. The number of alkyl carbamates (subject to hydrolysis) is 1. The van der Waals surface area contributed by atoms with Crippen LogP contribution >= 0.6 is 0 Å². The fourth-order valence-electron chi connectivity index (χ4n) is 2.15. The summed E-state index contributed by atoms with van der Waals surface area (Å²) in [6.07, 6.45) is 9.70. The van der Waals surface area contributed by atoms with Crippen LogP contribution in [-0.4, -0.2) is 36.9 Å². The molecule has 0 spiro atoms. The van der Waals surface area contributed by atoms with Gasteiger partial charge in [-0.25, -0.2) is 4.79 Å². The van der Waals surface area contributed by atoms with Gasteiger partial charge in [0.25, 0.3) is 0 Å². The molecule has 0 fully saturated rings. The lowest BCUT2D eigenvalue weighted by Crippen LogP contribution is -2.34. The molecule has 1 rings (SSSR count). The number of carbonyl (C=O) groups excluding carboxylic acids is 2. The summed E-state index contributed by atoms with van der Waals surface area (Å²) in [4.78, 5) is 23.3. The maximum atomic E-state index is 11.8. The van der Waals surface area contributed by atoms with E-state index in [9.17, 15) is 9.59 Å². The number of ether oxygens (including phenoxy) is 2. The number of nitrogens with two attached hydrogens (primary N) is 1. The van der Waals surface area contributed by atoms with E-state index in [0.29, 0.717) is 13.0 Å². The molecule has 0 radical (unpaired) electrons. The summed E-state index contributed by atoms with van der Waals surface area (Å²) in [5, 5.41) is 2.68. The Labute approximate surface area is 144 Å². The standard InChI is InChI=1S/C18H30N2O4/c1-18(2,3)24-17(22)20-12-8-7-11-15(19)16(21)23-13-14-9-5-4-6-10-14/h5,9-10,15H,4,6-8,11-13,19H2,1-3H3,(H,20,22). The number of nitrogens with one attached hydrogen (secondary N) is 1. The second-order valence-corrected chi connectivity index (χ2v) is 6.90. The van der Waals surface area contributed by atoms with Gasteiger partial charge in [-0.1, -0.05) is 18.2 Å². The summed E-state index contributed by atoms with van der Waals surface area (Å²) < 4.78 is 10.4. The van der Waals surface area contributed by atoms with Crippen LogP contribution in [0.1, 0.15) is 52.9 Å². The highest BCUT2D eigenvalue weighted by atomic mass is 16.6. The van der Waals surface area contributed by atoms with Crippen molar-refractivity contribution < 1.29 is 19.1 Å². The van der Waals surface area contributed by atoms with E-state index in [-0.39, 0.29) is 12.6 Å².